The molecule has 1 aliphatic heterocycles. The second-order valence-corrected chi connectivity index (χ2v) is 10.9. The summed E-state index contributed by atoms with van der Waals surface area (Å²) in [5, 5.41) is 3.14. The summed E-state index contributed by atoms with van der Waals surface area (Å²) >= 11 is 2.74. The highest BCUT2D eigenvalue weighted by atomic mass is 32.2. The van der Waals surface area contributed by atoms with Crippen LogP contribution in [0.4, 0.5) is 0 Å². The van der Waals surface area contributed by atoms with E-state index in [2.05, 4.69) is 6.08 Å². The van der Waals surface area contributed by atoms with E-state index in [1.54, 1.807) is 22.8 Å². The first kappa shape index (κ1) is 23.8. The van der Waals surface area contributed by atoms with E-state index in [1.165, 1.54) is 23.1 Å². The molecule has 0 saturated heterocycles. The number of thiophene rings is 1. The van der Waals surface area contributed by atoms with Crippen LogP contribution in [0.25, 0.3) is 21.3 Å². The van der Waals surface area contributed by atoms with Gasteiger partial charge in [0, 0.05) is 16.5 Å². The zero-order valence-electron chi connectivity index (χ0n) is 20.2. The minimum Gasteiger partial charge on any atom is -0.486 e. The van der Waals surface area contributed by atoms with Gasteiger partial charge in [-0.05, 0) is 37.1 Å². The topological polar surface area (TPSA) is 70.4 Å². The van der Waals surface area contributed by atoms with Crippen molar-refractivity contribution in [1.29, 1.82) is 0 Å². The largest absolute Gasteiger partial charge is 0.486 e. The fourth-order valence-electron chi connectivity index (χ4n) is 4.66. The summed E-state index contributed by atoms with van der Waals surface area (Å²) in [6.45, 7) is 2.99. The van der Waals surface area contributed by atoms with Crippen molar-refractivity contribution < 1.29 is 14.3 Å². The number of aromatic nitrogens is 2. The van der Waals surface area contributed by atoms with Gasteiger partial charge >= 0.3 is 0 Å². The fraction of sp³-hybridized carbons (Fsp3) is 0.207. The number of thioether (sulfide) groups is 1. The van der Waals surface area contributed by atoms with Crippen LogP contribution in [0.3, 0.4) is 0 Å². The summed E-state index contributed by atoms with van der Waals surface area (Å²) in [5.74, 6) is 1.30. The molecule has 1 unspecified atom stereocenters. The SMILES string of the molecule is CC1(n2c(SCC(=O)c3ccc4c(c3)OCCO4)nc3scc(-c4ccccc4)c3c2=O)C=CC=CC1. The van der Waals surface area contributed by atoms with Crippen LogP contribution in [-0.2, 0) is 5.54 Å². The van der Waals surface area contributed by atoms with Crippen molar-refractivity contribution in [3.8, 4) is 22.6 Å². The maximum Gasteiger partial charge on any atom is 0.264 e. The van der Waals surface area contributed by atoms with Crippen LogP contribution in [0.1, 0.15) is 23.7 Å². The lowest BCUT2D eigenvalue weighted by Crippen LogP contribution is -2.39. The molecule has 0 bridgehead atoms. The Morgan fingerprint density at radius 2 is 1.92 bits per heavy atom. The molecule has 0 amide bonds. The number of carbonyl (C=O) groups is 1. The van der Waals surface area contributed by atoms with Gasteiger partial charge in [-0.15, -0.1) is 11.3 Å². The molecule has 37 heavy (non-hydrogen) atoms. The highest BCUT2D eigenvalue weighted by Gasteiger charge is 2.30. The molecule has 0 saturated carbocycles. The molecule has 4 aromatic rings. The van der Waals surface area contributed by atoms with Gasteiger partial charge in [0.2, 0.25) is 0 Å². The number of fused-ring (bicyclic) bond motifs is 2. The van der Waals surface area contributed by atoms with Crippen molar-refractivity contribution >= 4 is 39.1 Å². The zero-order chi connectivity index (χ0) is 25.4. The number of ketones is 1. The fourth-order valence-corrected chi connectivity index (χ4v) is 6.66. The Morgan fingerprint density at radius 3 is 2.70 bits per heavy atom. The van der Waals surface area contributed by atoms with Crippen LogP contribution >= 0.6 is 23.1 Å². The van der Waals surface area contributed by atoms with E-state index in [9.17, 15) is 9.59 Å². The van der Waals surface area contributed by atoms with E-state index < -0.39 is 5.54 Å². The summed E-state index contributed by atoms with van der Waals surface area (Å²) in [6.07, 6.45) is 8.68. The molecular formula is C29H24N2O4S2. The van der Waals surface area contributed by atoms with E-state index in [0.29, 0.717) is 52.1 Å². The van der Waals surface area contributed by atoms with Gasteiger partial charge in [-0.3, -0.25) is 14.2 Å². The molecule has 1 aliphatic carbocycles. The number of benzene rings is 2. The van der Waals surface area contributed by atoms with Crippen molar-refractivity contribution in [1.82, 2.24) is 9.55 Å². The van der Waals surface area contributed by atoms with E-state index in [-0.39, 0.29) is 17.1 Å². The number of hydrogen-bond donors (Lipinski definition) is 0. The molecule has 3 heterocycles. The first-order valence-electron chi connectivity index (χ1n) is 12.0. The van der Waals surface area contributed by atoms with Gasteiger partial charge in [0.1, 0.15) is 18.0 Å². The second-order valence-electron chi connectivity index (χ2n) is 9.15. The molecule has 2 aromatic heterocycles. The lowest BCUT2D eigenvalue weighted by atomic mass is 9.93. The summed E-state index contributed by atoms with van der Waals surface area (Å²) < 4.78 is 13.0. The molecule has 0 fully saturated rings. The predicted molar refractivity (Wildman–Crippen MR) is 148 cm³/mol. The molecule has 6 nitrogen and oxygen atoms in total. The van der Waals surface area contributed by atoms with Crippen LogP contribution in [0.5, 0.6) is 11.5 Å². The smallest absolute Gasteiger partial charge is 0.264 e. The summed E-state index contributed by atoms with van der Waals surface area (Å²) in [4.78, 5) is 32.9. The molecule has 186 valence electrons. The Morgan fingerprint density at radius 1 is 1.11 bits per heavy atom. The van der Waals surface area contributed by atoms with E-state index >= 15 is 0 Å². The monoisotopic (exact) mass is 528 g/mol. The minimum atomic E-state index is -0.592. The minimum absolute atomic E-state index is 0.0664. The Bertz CT molecular complexity index is 1620. The average Bonchev–Trinajstić information content (AvgIpc) is 3.36. The maximum absolute atomic E-state index is 14.1. The molecular weight excluding hydrogens is 504 g/mol. The van der Waals surface area contributed by atoms with Crippen LogP contribution < -0.4 is 15.0 Å². The lowest BCUT2D eigenvalue weighted by Gasteiger charge is -2.31. The van der Waals surface area contributed by atoms with Crippen LogP contribution in [0, 0.1) is 0 Å². The first-order valence-corrected chi connectivity index (χ1v) is 13.9. The number of nitrogens with zero attached hydrogens (tertiary/aromatic N) is 2. The molecule has 2 aromatic carbocycles. The highest BCUT2D eigenvalue weighted by Crippen LogP contribution is 2.36. The van der Waals surface area contributed by atoms with Crippen LogP contribution in [0.2, 0.25) is 0 Å². The number of rotatable bonds is 6. The quantitative estimate of drug-likeness (QED) is 0.171. The molecule has 0 spiro atoms. The maximum atomic E-state index is 14.1. The average molecular weight is 529 g/mol. The standard InChI is InChI=1S/C29H24N2O4S2/c1-29(12-6-3-7-13-29)31-27(33)25-21(19-8-4-2-5-9-19)17-36-26(25)30-28(31)37-18-22(32)20-10-11-23-24(16-20)35-15-14-34-23/h2-12,16-17H,13-15,18H2,1H3. The van der Waals surface area contributed by atoms with Gasteiger partial charge in [-0.1, -0.05) is 66.4 Å². The Balaban J connectivity index is 1.40. The van der Waals surface area contributed by atoms with Gasteiger partial charge in [0.15, 0.2) is 22.4 Å². The normalized spacial score (nSPS) is 18.3. The van der Waals surface area contributed by atoms with E-state index in [4.69, 9.17) is 14.5 Å². The third-order valence-electron chi connectivity index (χ3n) is 6.60. The van der Waals surface area contributed by atoms with Crippen molar-refractivity contribution in [2.45, 2.75) is 24.0 Å². The van der Waals surface area contributed by atoms with E-state index in [0.717, 1.165) is 11.1 Å². The molecule has 6 rings (SSSR count). The van der Waals surface area contributed by atoms with Gasteiger partial charge < -0.3 is 9.47 Å². The van der Waals surface area contributed by atoms with Crippen molar-refractivity contribution in [2.75, 3.05) is 19.0 Å². The van der Waals surface area contributed by atoms with Crippen molar-refractivity contribution in [2.24, 2.45) is 0 Å². The molecule has 0 N–H and O–H groups in total. The molecule has 0 radical (unpaired) electrons. The van der Waals surface area contributed by atoms with Crippen LogP contribution in [0.15, 0.2) is 88.2 Å². The first-order chi connectivity index (χ1) is 18.0. The summed E-state index contributed by atoms with van der Waals surface area (Å²) in [6, 6.07) is 15.1. The van der Waals surface area contributed by atoms with E-state index in [1.807, 2.05) is 60.9 Å². The third kappa shape index (κ3) is 4.40. The Kier molecular flexibility index (Phi) is 6.22. The summed E-state index contributed by atoms with van der Waals surface area (Å²) in [7, 11) is 0. The summed E-state index contributed by atoms with van der Waals surface area (Å²) in [5.41, 5.74) is 1.72. The molecule has 2 aliphatic rings. The Hall–Kier alpha value is -3.62. The molecule has 1 atom stereocenters. The van der Waals surface area contributed by atoms with Gasteiger partial charge in [-0.25, -0.2) is 4.98 Å². The third-order valence-corrected chi connectivity index (χ3v) is 8.41. The number of Topliss-reactive ketones (excluding diaryl/α,β-unsaturated/α-hetero) is 1. The van der Waals surface area contributed by atoms with Gasteiger partial charge in [0.05, 0.1) is 16.7 Å². The van der Waals surface area contributed by atoms with Crippen LogP contribution in [-0.4, -0.2) is 34.3 Å². The number of hydrogen-bond acceptors (Lipinski definition) is 7. The van der Waals surface area contributed by atoms with Gasteiger partial charge in [0.25, 0.3) is 5.56 Å². The van der Waals surface area contributed by atoms with Gasteiger partial charge in [-0.2, -0.15) is 0 Å². The zero-order valence-corrected chi connectivity index (χ0v) is 21.8. The molecule has 8 heteroatoms. The van der Waals surface area contributed by atoms with Crippen molar-refractivity contribution in [3.63, 3.8) is 0 Å². The second kappa shape index (κ2) is 9.68. The predicted octanol–water partition coefficient (Wildman–Crippen LogP) is 6.10. The number of allylic oxidation sites excluding steroid dienone is 4. The lowest BCUT2D eigenvalue weighted by molar-refractivity contribution is 0.102. The number of ether oxygens (including phenoxy) is 2. The highest BCUT2D eigenvalue weighted by molar-refractivity contribution is 7.99. The number of carbonyl (C=O) groups excluding carboxylic acids is 1. The Labute approximate surface area is 222 Å². The van der Waals surface area contributed by atoms with Crippen molar-refractivity contribution in [3.05, 3.63) is 94.1 Å².